The Bertz CT molecular complexity index is 377. The summed E-state index contributed by atoms with van der Waals surface area (Å²) in [5.41, 5.74) is 0.821. The number of aromatic nitrogens is 2. The van der Waals surface area contributed by atoms with Gasteiger partial charge in [0.1, 0.15) is 16.0 Å². The summed E-state index contributed by atoms with van der Waals surface area (Å²) in [5.74, 6) is 1.13. The lowest BCUT2D eigenvalue weighted by atomic mass is 10.3. The molecule has 1 unspecified atom stereocenters. The summed E-state index contributed by atoms with van der Waals surface area (Å²) in [7, 11) is 0. The third kappa shape index (κ3) is 4.43. The van der Waals surface area contributed by atoms with Crippen molar-refractivity contribution in [3.05, 3.63) is 16.5 Å². The summed E-state index contributed by atoms with van der Waals surface area (Å²) in [4.78, 5) is 8.60. The number of aliphatic hydroxyl groups is 2. The van der Waals surface area contributed by atoms with E-state index in [0.717, 1.165) is 29.3 Å². The molecular weight excluding hydrogens is 260 g/mol. The number of nitrogens with zero attached hydrogens (tertiary/aromatic N) is 2. The highest BCUT2D eigenvalue weighted by Gasteiger charge is 2.11. The van der Waals surface area contributed by atoms with Crippen LogP contribution in [0.5, 0.6) is 0 Å². The number of rotatable bonds is 6. The van der Waals surface area contributed by atoms with Gasteiger partial charge in [0.05, 0.1) is 12.7 Å². The predicted octanol–water partition coefficient (Wildman–Crippen LogP) is 1.84. The average molecular weight is 277 g/mol. The smallest absolute Gasteiger partial charge is 0.136 e. The first kappa shape index (κ1) is 14.7. The molecule has 1 rings (SSSR count). The number of hydrogen-bond acceptors (Lipinski definition) is 5. The lowest BCUT2D eigenvalue weighted by molar-refractivity contribution is 0.113. The van der Waals surface area contributed by atoms with Crippen LogP contribution in [0.1, 0.15) is 24.7 Å². The Kier molecular flexibility index (Phi) is 6.19. The molecule has 6 heteroatoms. The van der Waals surface area contributed by atoms with Gasteiger partial charge in [-0.1, -0.05) is 18.5 Å². The van der Waals surface area contributed by atoms with Gasteiger partial charge in [-0.3, -0.25) is 0 Å². The van der Waals surface area contributed by atoms with E-state index in [0.29, 0.717) is 10.9 Å². The van der Waals surface area contributed by atoms with Crippen molar-refractivity contribution in [3.63, 3.8) is 0 Å². The molecule has 1 atom stereocenters. The number of aryl methyl sites for hydroxylation is 1. The standard InChI is InChI=1S/C11H17ClN2O2S/c1-3-4-9-13-10(12)7(2)11(14-9)17-6-8(16)5-15/h8,15-16H,3-6H2,1-2H3. The first-order chi connectivity index (χ1) is 8.08. The number of halogens is 1. The normalized spacial score (nSPS) is 12.8. The summed E-state index contributed by atoms with van der Waals surface area (Å²) in [6.45, 7) is 3.66. The van der Waals surface area contributed by atoms with Crippen LogP contribution >= 0.6 is 23.4 Å². The van der Waals surface area contributed by atoms with Gasteiger partial charge in [-0.2, -0.15) is 0 Å². The Hall–Kier alpha value is -0.360. The van der Waals surface area contributed by atoms with Crippen molar-refractivity contribution in [2.45, 2.75) is 37.8 Å². The van der Waals surface area contributed by atoms with Crippen LogP contribution in [-0.4, -0.2) is 38.6 Å². The van der Waals surface area contributed by atoms with Crippen molar-refractivity contribution < 1.29 is 10.2 Å². The van der Waals surface area contributed by atoms with E-state index in [9.17, 15) is 5.11 Å². The zero-order valence-electron chi connectivity index (χ0n) is 9.98. The third-order valence-electron chi connectivity index (χ3n) is 2.18. The van der Waals surface area contributed by atoms with Crippen LogP contribution in [0, 0.1) is 6.92 Å². The van der Waals surface area contributed by atoms with E-state index in [1.807, 2.05) is 6.92 Å². The lowest BCUT2D eigenvalue weighted by Crippen LogP contribution is -2.15. The molecule has 2 N–H and O–H groups in total. The molecule has 1 aromatic heterocycles. The second-order valence-corrected chi connectivity index (χ2v) is 5.12. The van der Waals surface area contributed by atoms with Gasteiger partial charge in [0.25, 0.3) is 0 Å². The van der Waals surface area contributed by atoms with Gasteiger partial charge in [0, 0.05) is 17.7 Å². The molecule has 96 valence electrons. The van der Waals surface area contributed by atoms with Crippen molar-refractivity contribution >= 4 is 23.4 Å². The molecule has 0 amide bonds. The average Bonchev–Trinajstić information content (AvgIpc) is 2.31. The van der Waals surface area contributed by atoms with Gasteiger partial charge >= 0.3 is 0 Å². The number of aliphatic hydroxyl groups excluding tert-OH is 2. The van der Waals surface area contributed by atoms with Crippen LogP contribution < -0.4 is 0 Å². The van der Waals surface area contributed by atoms with E-state index in [-0.39, 0.29) is 6.61 Å². The van der Waals surface area contributed by atoms with Gasteiger partial charge in [-0.05, 0) is 13.3 Å². The molecule has 1 aromatic rings. The minimum absolute atomic E-state index is 0.243. The van der Waals surface area contributed by atoms with E-state index in [1.165, 1.54) is 11.8 Å². The molecule has 0 spiro atoms. The van der Waals surface area contributed by atoms with E-state index < -0.39 is 6.10 Å². The van der Waals surface area contributed by atoms with E-state index >= 15 is 0 Å². The first-order valence-electron chi connectivity index (χ1n) is 5.53. The Labute approximate surface area is 110 Å². The third-order valence-corrected chi connectivity index (χ3v) is 3.78. The van der Waals surface area contributed by atoms with Gasteiger partial charge in [-0.25, -0.2) is 9.97 Å². The first-order valence-corrected chi connectivity index (χ1v) is 6.89. The fourth-order valence-corrected chi connectivity index (χ4v) is 2.40. The fourth-order valence-electron chi connectivity index (χ4n) is 1.22. The second-order valence-electron chi connectivity index (χ2n) is 3.76. The Morgan fingerprint density at radius 3 is 2.71 bits per heavy atom. The number of thioether (sulfide) groups is 1. The van der Waals surface area contributed by atoms with Gasteiger partial charge in [-0.15, -0.1) is 11.8 Å². The van der Waals surface area contributed by atoms with E-state index in [2.05, 4.69) is 16.9 Å². The van der Waals surface area contributed by atoms with Gasteiger partial charge in [0.15, 0.2) is 0 Å². The summed E-state index contributed by atoms with van der Waals surface area (Å²) in [6.07, 6.45) is 1.02. The zero-order valence-corrected chi connectivity index (χ0v) is 11.6. The lowest BCUT2D eigenvalue weighted by Gasteiger charge is -2.10. The summed E-state index contributed by atoms with van der Waals surface area (Å²) >= 11 is 7.42. The van der Waals surface area contributed by atoms with Crippen LogP contribution in [0.25, 0.3) is 0 Å². The van der Waals surface area contributed by atoms with E-state index in [4.69, 9.17) is 16.7 Å². The fraction of sp³-hybridized carbons (Fsp3) is 0.636. The quantitative estimate of drug-likeness (QED) is 0.613. The van der Waals surface area contributed by atoms with Crippen LogP contribution in [-0.2, 0) is 6.42 Å². The SMILES string of the molecule is CCCc1nc(Cl)c(C)c(SCC(O)CO)n1. The molecule has 0 aliphatic heterocycles. The molecular formula is C11H17ClN2O2S. The molecule has 0 bridgehead atoms. The maximum absolute atomic E-state index is 9.30. The largest absolute Gasteiger partial charge is 0.394 e. The summed E-state index contributed by atoms with van der Waals surface area (Å²) in [6, 6.07) is 0. The summed E-state index contributed by atoms with van der Waals surface area (Å²) < 4.78 is 0. The molecule has 0 fully saturated rings. The van der Waals surface area contributed by atoms with Crippen LogP contribution in [0.3, 0.4) is 0 Å². The topological polar surface area (TPSA) is 66.2 Å². The zero-order chi connectivity index (χ0) is 12.8. The minimum atomic E-state index is -0.734. The highest BCUT2D eigenvalue weighted by Crippen LogP contribution is 2.25. The summed E-state index contributed by atoms with van der Waals surface area (Å²) in [5, 5.41) is 19.3. The highest BCUT2D eigenvalue weighted by atomic mass is 35.5. The number of hydrogen-bond donors (Lipinski definition) is 2. The van der Waals surface area contributed by atoms with Gasteiger partial charge in [0.2, 0.25) is 0 Å². The second kappa shape index (κ2) is 7.16. The minimum Gasteiger partial charge on any atom is -0.394 e. The van der Waals surface area contributed by atoms with Crippen LogP contribution in [0.2, 0.25) is 5.15 Å². The Morgan fingerprint density at radius 2 is 2.12 bits per heavy atom. The maximum atomic E-state index is 9.30. The van der Waals surface area contributed by atoms with Crippen molar-refractivity contribution in [1.82, 2.24) is 9.97 Å². The molecule has 17 heavy (non-hydrogen) atoms. The molecule has 0 radical (unpaired) electrons. The molecule has 0 aliphatic carbocycles. The van der Waals surface area contributed by atoms with Crippen LogP contribution in [0.4, 0.5) is 0 Å². The van der Waals surface area contributed by atoms with Crippen molar-refractivity contribution in [3.8, 4) is 0 Å². The Balaban J connectivity index is 2.82. The Morgan fingerprint density at radius 1 is 1.41 bits per heavy atom. The van der Waals surface area contributed by atoms with E-state index in [1.54, 1.807) is 0 Å². The van der Waals surface area contributed by atoms with Crippen molar-refractivity contribution in [2.75, 3.05) is 12.4 Å². The molecule has 0 saturated heterocycles. The molecule has 1 heterocycles. The van der Waals surface area contributed by atoms with Crippen molar-refractivity contribution in [2.24, 2.45) is 0 Å². The highest BCUT2D eigenvalue weighted by molar-refractivity contribution is 7.99. The predicted molar refractivity (Wildman–Crippen MR) is 69.6 cm³/mol. The monoisotopic (exact) mass is 276 g/mol. The molecule has 0 aliphatic rings. The molecule has 0 aromatic carbocycles. The molecule has 4 nitrogen and oxygen atoms in total. The van der Waals surface area contributed by atoms with Gasteiger partial charge < -0.3 is 10.2 Å². The maximum Gasteiger partial charge on any atom is 0.136 e. The molecule has 0 saturated carbocycles. The van der Waals surface area contributed by atoms with Crippen LogP contribution in [0.15, 0.2) is 5.03 Å². The van der Waals surface area contributed by atoms with Crippen molar-refractivity contribution in [1.29, 1.82) is 0 Å².